The summed E-state index contributed by atoms with van der Waals surface area (Å²) >= 11 is 0. The maximum absolute atomic E-state index is 6.26. The highest BCUT2D eigenvalue weighted by atomic mass is 15.3. The van der Waals surface area contributed by atoms with Gasteiger partial charge in [-0.05, 0) is 29.9 Å². The lowest BCUT2D eigenvalue weighted by molar-refractivity contribution is 0.609. The molecule has 3 heteroatoms. The van der Waals surface area contributed by atoms with Crippen LogP contribution in [0.1, 0.15) is 37.4 Å². The van der Waals surface area contributed by atoms with E-state index in [0.29, 0.717) is 11.3 Å². The summed E-state index contributed by atoms with van der Waals surface area (Å²) in [7, 11) is 1.93. The molecule has 0 saturated heterocycles. The molecule has 3 nitrogen and oxygen atoms in total. The number of hydrogen-bond donors (Lipinski definition) is 1. The van der Waals surface area contributed by atoms with Crippen molar-refractivity contribution in [2.75, 3.05) is 5.73 Å². The van der Waals surface area contributed by atoms with Crippen LogP contribution in [0.15, 0.2) is 24.3 Å². The number of nitrogens with zero attached hydrogens (tertiary/aromatic N) is 2. The zero-order valence-corrected chi connectivity index (χ0v) is 12.1. The Bertz CT molecular complexity index is 637. The van der Waals surface area contributed by atoms with E-state index in [-0.39, 0.29) is 0 Å². The highest BCUT2D eigenvalue weighted by molar-refractivity contribution is 5.79. The molecule has 2 aromatic rings. The molecule has 1 atom stereocenters. The number of hydrogen-bond acceptors (Lipinski definition) is 2. The fraction of sp³-hybridized carbons (Fsp3) is 0.438. The maximum Gasteiger partial charge on any atom is 0.129 e. The zero-order valence-electron chi connectivity index (χ0n) is 12.1. The fourth-order valence-electron chi connectivity index (χ4n) is 2.87. The van der Waals surface area contributed by atoms with Crippen LogP contribution in [0.4, 0.5) is 5.82 Å². The van der Waals surface area contributed by atoms with Crippen LogP contribution in [-0.4, -0.2) is 9.78 Å². The van der Waals surface area contributed by atoms with Gasteiger partial charge < -0.3 is 5.73 Å². The van der Waals surface area contributed by atoms with Crippen LogP contribution in [0.5, 0.6) is 0 Å². The molecule has 0 bridgehead atoms. The largest absolute Gasteiger partial charge is 0.383 e. The molecule has 1 aliphatic carbocycles. The average Bonchev–Trinajstić information content (AvgIpc) is 2.88. The molecule has 1 unspecified atom stereocenters. The van der Waals surface area contributed by atoms with Gasteiger partial charge >= 0.3 is 0 Å². The van der Waals surface area contributed by atoms with Crippen molar-refractivity contribution in [3.8, 4) is 11.1 Å². The lowest BCUT2D eigenvalue weighted by Gasteiger charge is -2.08. The third kappa shape index (κ3) is 1.84. The van der Waals surface area contributed by atoms with Crippen LogP contribution >= 0.6 is 0 Å². The highest BCUT2D eigenvalue weighted by Gasteiger charge is 2.49. The van der Waals surface area contributed by atoms with Crippen LogP contribution in [0.2, 0.25) is 0 Å². The minimum atomic E-state index is 0.359. The van der Waals surface area contributed by atoms with E-state index in [1.165, 1.54) is 23.2 Å². The first-order valence-corrected chi connectivity index (χ1v) is 6.80. The van der Waals surface area contributed by atoms with Crippen molar-refractivity contribution in [3.63, 3.8) is 0 Å². The smallest absolute Gasteiger partial charge is 0.129 e. The second-order valence-corrected chi connectivity index (χ2v) is 6.33. The van der Waals surface area contributed by atoms with Gasteiger partial charge in [-0.1, -0.05) is 38.1 Å². The number of rotatable bonds is 2. The number of anilines is 1. The summed E-state index contributed by atoms with van der Waals surface area (Å²) in [5.74, 6) is 1.30. The van der Waals surface area contributed by atoms with Crippen molar-refractivity contribution in [1.29, 1.82) is 0 Å². The highest BCUT2D eigenvalue weighted by Crippen LogP contribution is 2.60. The predicted octanol–water partition coefficient (Wildman–Crippen LogP) is 3.49. The van der Waals surface area contributed by atoms with E-state index >= 15 is 0 Å². The standard InChI is InChI=1S/C16H21N3/c1-10-7-5-6-8-11(10)13-14(12-9-16(12,2)3)18-19(4)15(13)17/h5-8,12H,9,17H2,1-4H3. The minimum absolute atomic E-state index is 0.359. The number of benzene rings is 1. The van der Waals surface area contributed by atoms with E-state index in [0.717, 1.165) is 11.4 Å². The van der Waals surface area contributed by atoms with Crippen molar-refractivity contribution in [2.45, 2.75) is 33.1 Å². The zero-order chi connectivity index (χ0) is 13.8. The number of nitrogens with two attached hydrogens (primary N) is 1. The fourth-order valence-corrected chi connectivity index (χ4v) is 2.87. The number of aromatic nitrogens is 2. The molecular weight excluding hydrogens is 234 g/mol. The van der Waals surface area contributed by atoms with Gasteiger partial charge in [0, 0.05) is 18.5 Å². The summed E-state index contributed by atoms with van der Waals surface area (Å²) < 4.78 is 1.81. The van der Waals surface area contributed by atoms with Crippen LogP contribution in [0.3, 0.4) is 0 Å². The molecule has 3 rings (SSSR count). The van der Waals surface area contributed by atoms with E-state index in [1.54, 1.807) is 0 Å². The molecule has 1 aliphatic rings. The van der Waals surface area contributed by atoms with Crippen LogP contribution in [0, 0.1) is 12.3 Å². The first kappa shape index (κ1) is 12.3. The molecule has 1 fully saturated rings. The van der Waals surface area contributed by atoms with Gasteiger partial charge in [0.15, 0.2) is 0 Å². The van der Waals surface area contributed by atoms with E-state index in [4.69, 9.17) is 5.73 Å². The monoisotopic (exact) mass is 255 g/mol. The van der Waals surface area contributed by atoms with Crippen molar-refractivity contribution < 1.29 is 0 Å². The first-order valence-electron chi connectivity index (χ1n) is 6.80. The average molecular weight is 255 g/mol. The molecule has 0 aliphatic heterocycles. The Morgan fingerprint density at radius 1 is 1.32 bits per heavy atom. The van der Waals surface area contributed by atoms with Gasteiger partial charge in [0.05, 0.1) is 5.69 Å². The number of aryl methyl sites for hydroxylation is 2. The maximum atomic E-state index is 6.26. The van der Waals surface area contributed by atoms with E-state index in [1.807, 2.05) is 11.7 Å². The Morgan fingerprint density at radius 3 is 2.53 bits per heavy atom. The normalized spacial score (nSPS) is 20.5. The van der Waals surface area contributed by atoms with Gasteiger partial charge in [0.25, 0.3) is 0 Å². The lowest BCUT2D eigenvalue weighted by Crippen LogP contribution is -1.98. The molecule has 1 heterocycles. The van der Waals surface area contributed by atoms with Gasteiger partial charge in [-0.15, -0.1) is 0 Å². The van der Waals surface area contributed by atoms with E-state index in [2.05, 4.69) is 50.1 Å². The predicted molar refractivity (Wildman–Crippen MR) is 78.9 cm³/mol. The molecule has 0 radical (unpaired) electrons. The second kappa shape index (κ2) is 3.86. The summed E-state index contributed by atoms with van der Waals surface area (Å²) in [6.45, 7) is 6.72. The molecule has 2 N–H and O–H groups in total. The van der Waals surface area contributed by atoms with Gasteiger partial charge in [0.1, 0.15) is 5.82 Å². The van der Waals surface area contributed by atoms with Crippen LogP contribution in [0.25, 0.3) is 11.1 Å². The Balaban J connectivity index is 2.18. The number of nitrogen functional groups attached to an aromatic ring is 1. The van der Waals surface area contributed by atoms with Crippen LogP contribution < -0.4 is 5.73 Å². The van der Waals surface area contributed by atoms with Gasteiger partial charge in [0.2, 0.25) is 0 Å². The molecule has 100 valence electrons. The lowest BCUT2D eigenvalue weighted by atomic mass is 9.96. The summed E-state index contributed by atoms with van der Waals surface area (Å²) in [5.41, 5.74) is 11.4. The van der Waals surface area contributed by atoms with E-state index < -0.39 is 0 Å². The topological polar surface area (TPSA) is 43.8 Å². The third-order valence-corrected chi connectivity index (χ3v) is 4.38. The Morgan fingerprint density at radius 2 is 1.95 bits per heavy atom. The summed E-state index contributed by atoms with van der Waals surface area (Å²) in [4.78, 5) is 0. The molecule has 0 amide bonds. The molecule has 1 saturated carbocycles. The molecule has 1 aromatic carbocycles. The summed E-state index contributed by atoms with van der Waals surface area (Å²) in [6.07, 6.45) is 1.20. The molecule has 0 spiro atoms. The Labute approximate surface area is 114 Å². The summed E-state index contributed by atoms with van der Waals surface area (Å²) in [6, 6.07) is 8.40. The van der Waals surface area contributed by atoms with Gasteiger partial charge in [-0.2, -0.15) is 5.10 Å². The Hall–Kier alpha value is -1.77. The third-order valence-electron chi connectivity index (χ3n) is 4.38. The molecule has 1 aromatic heterocycles. The quantitative estimate of drug-likeness (QED) is 0.892. The van der Waals surface area contributed by atoms with Crippen molar-refractivity contribution in [2.24, 2.45) is 12.5 Å². The van der Waals surface area contributed by atoms with Crippen molar-refractivity contribution >= 4 is 5.82 Å². The van der Waals surface area contributed by atoms with Crippen molar-refractivity contribution in [1.82, 2.24) is 9.78 Å². The van der Waals surface area contributed by atoms with Crippen LogP contribution in [-0.2, 0) is 7.05 Å². The molecular formula is C16H21N3. The summed E-state index contributed by atoms with van der Waals surface area (Å²) in [5, 5.41) is 4.68. The SMILES string of the molecule is Cc1ccccc1-c1c(C2CC2(C)C)nn(C)c1N. The second-order valence-electron chi connectivity index (χ2n) is 6.33. The Kier molecular flexibility index (Phi) is 2.49. The van der Waals surface area contributed by atoms with E-state index in [9.17, 15) is 0 Å². The molecule has 19 heavy (non-hydrogen) atoms. The van der Waals surface area contributed by atoms with Crippen molar-refractivity contribution in [3.05, 3.63) is 35.5 Å². The van der Waals surface area contributed by atoms with Gasteiger partial charge in [-0.3, -0.25) is 4.68 Å². The first-order chi connectivity index (χ1) is 8.92. The van der Waals surface area contributed by atoms with Gasteiger partial charge in [-0.25, -0.2) is 0 Å². The minimum Gasteiger partial charge on any atom is -0.383 e.